The number of nitrogens with zero attached hydrogens (tertiary/aromatic N) is 2. The van der Waals surface area contributed by atoms with Crippen LogP contribution < -0.4 is 0 Å². The Kier molecular flexibility index (Phi) is 4.67. The minimum Gasteiger partial charge on any atom is -0.393 e. The molecular formula is C23H32N2O4. The highest BCUT2D eigenvalue weighted by atomic mass is 16.3. The van der Waals surface area contributed by atoms with E-state index < -0.39 is 0 Å². The van der Waals surface area contributed by atoms with Gasteiger partial charge in [-0.25, -0.2) is 0 Å². The highest BCUT2D eigenvalue weighted by Crippen LogP contribution is 2.65. The lowest BCUT2D eigenvalue weighted by Gasteiger charge is -2.53. The van der Waals surface area contributed by atoms with E-state index in [9.17, 15) is 19.8 Å². The van der Waals surface area contributed by atoms with Crippen molar-refractivity contribution in [2.75, 3.05) is 13.1 Å². The molecule has 2 N–H and O–H groups in total. The molecule has 0 aromatic carbocycles. The van der Waals surface area contributed by atoms with Crippen molar-refractivity contribution in [1.29, 1.82) is 0 Å². The molecule has 0 aromatic rings. The monoisotopic (exact) mass is 400 g/mol. The van der Waals surface area contributed by atoms with Gasteiger partial charge < -0.3 is 10.2 Å². The van der Waals surface area contributed by atoms with Crippen molar-refractivity contribution in [2.45, 2.75) is 87.2 Å². The third kappa shape index (κ3) is 2.85. The number of terminal acetylenes is 1. The zero-order valence-electron chi connectivity index (χ0n) is 16.9. The molecule has 1 spiro atoms. The number of carbonyl (C=O) groups is 2. The minimum absolute atomic E-state index is 0.102. The maximum Gasteiger partial charge on any atom is 0.150 e. The van der Waals surface area contributed by atoms with E-state index >= 15 is 0 Å². The predicted octanol–water partition coefficient (Wildman–Crippen LogP) is 0.595. The summed E-state index contributed by atoms with van der Waals surface area (Å²) in [7, 11) is 0. The Morgan fingerprint density at radius 2 is 1.41 bits per heavy atom. The van der Waals surface area contributed by atoms with Crippen LogP contribution in [0, 0.1) is 30.6 Å². The number of carbonyl (C=O) groups excluding carboxylic acids is 2. The van der Waals surface area contributed by atoms with Crippen LogP contribution in [0.5, 0.6) is 0 Å². The van der Waals surface area contributed by atoms with Gasteiger partial charge in [0.1, 0.15) is 11.6 Å². The Bertz CT molecular complexity index is 722. The Hall–Kier alpha value is -1.26. The normalized spacial score (nSPS) is 55.0. The Morgan fingerprint density at radius 3 is 2.07 bits per heavy atom. The topological polar surface area (TPSA) is 80.9 Å². The number of Topliss-reactive ketones (excluding diaryl/α,β-unsaturated/α-hetero) is 2. The quantitative estimate of drug-likeness (QED) is 0.458. The molecule has 6 heteroatoms. The molecule has 0 aromatic heterocycles. The van der Waals surface area contributed by atoms with E-state index in [0.717, 1.165) is 51.4 Å². The predicted molar refractivity (Wildman–Crippen MR) is 107 cm³/mol. The van der Waals surface area contributed by atoms with Gasteiger partial charge in [0, 0.05) is 35.5 Å². The van der Waals surface area contributed by atoms with Gasteiger partial charge in [0.25, 0.3) is 0 Å². The van der Waals surface area contributed by atoms with E-state index in [-0.39, 0.29) is 12.2 Å². The lowest BCUT2D eigenvalue weighted by molar-refractivity contribution is -0.144. The molecule has 8 unspecified atom stereocenters. The second-order valence-electron chi connectivity index (χ2n) is 10.3. The van der Waals surface area contributed by atoms with Crippen molar-refractivity contribution >= 4 is 11.6 Å². The lowest BCUT2D eigenvalue weighted by atomic mass is 9.72. The second kappa shape index (κ2) is 6.88. The lowest BCUT2D eigenvalue weighted by Crippen LogP contribution is -2.62. The summed E-state index contributed by atoms with van der Waals surface area (Å²) in [6, 6.07) is 1.56. The van der Waals surface area contributed by atoms with Crippen molar-refractivity contribution in [3.05, 3.63) is 0 Å². The zero-order valence-corrected chi connectivity index (χ0v) is 16.9. The number of hydrogen-bond donors (Lipinski definition) is 2. The Balaban J connectivity index is 0.000000116. The van der Waals surface area contributed by atoms with Crippen LogP contribution in [0.25, 0.3) is 0 Å². The first-order valence-corrected chi connectivity index (χ1v) is 11.2. The molecule has 8 fully saturated rings. The summed E-state index contributed by atoms with van der Waals surface area (Å²) >= 11 is 0. The first kappa shape index (κ1) is 19.7. The van der Waals surface area contributed by atoms with Gasteiger partial charge in [0.05, 0.1) is 25.3 Å². The summed E-state index contributed by atoms with van der Waals surface area (Å²) in [5.41, 5.74) is 0.387. The van der Waals surface area contributed by atoms with Crippen molar-refractivity contribution < 1.29 is 19.8 Å². The van der Waals surface area contributed by atoms with Crippen LogP contribution in [0.15, 0.2) is 0 Å². The van der Waals surface area contributed by atoms with Crippen molar-refractivity contribution in [2.24, 2.45) is 17.8 Å². The highest BCUT2D eigenvalue weighted by molar-refractivity contribution is 5.86. The summed E-state index contributed by atoms with van der Waals surface area (Å²) in [6.07, 6.45) is 15.6. The Labute approximate surface area is 172 Å². The van der Waals surface area contributed by atoms with Crippen LogP contribution >= 0.6 is 0 Å². The largest absolute Gasteiger partial charge is 0.393 e. The van der Waals surface area contributed by atoms with Gasteiger partial charge in [0.2, 0.25) is 0 Å². The van der Waals surface area contributed by atoms with Crippen molar-refractivity contribution in [3.63, 3.8) is 0 Å². The van der Waals surface area contributed by atoms with E-state index in [1.165, 1.54) is 0 Å². The first-order chi connectivity index (χ1) is 14.0. The molecular weight excluding hydrogens is 368 g/mol. The molecule has 6 saturated heterocycles. The summed E-state index contributed by atoms with van der Waals surface area (Å²) in [5, 5.41) is 19.3. The fourth-order valence-corrected chi connectivity index (χ4v) is 7.88. The van der Waals surface area contributed by atoms with Gasteiger partial charge in [-0.3, -0.25) is 19.4 Å². The molecule has 158 valence electrons. The van der Waals surface area contributed by atoms with E-state index in [2.05, 4.69) is 22.6 Å². The number of hydrogen-bond acceptors (Lipinski definition) is 6. The maximum absolute atomic E-state index is 11.7. The molecule has 6 aliphatic heterocycles. The molecule has 0 radical (unpaired) electrons. The van der Waals surface area contributed by atoms with E-state index in [4.69, 9.17) is 0 Å². The van der Waals surface area contributed by atoms with Gasteiger partial charge in [-0.1, -0.05) is 0 Å². The van der Waals surface area contributed by atoms with Gasteiger partial charge >= 0.3 is 0 Å². The third-order valence-corrected chi connectivity index (χ3v) is 9.04. The van der Waals surface area contributed by atoms with Crippen molar-refractivity contribution in [1.82, 2.24) is 9.80 Å². The van der Waals surface area contributed by atoms with Crippen LogP contribution in [-0.4, -0.2) is 80.5 Å². The van der Waals surface area contributed by atoms with Crippen LogP contribution in [0.1, 0.15) is 51.4 Å². The molecule has 0 amide bonds. The number of aliphatic hydroxyl groups is 2. The Morgan fingerprint density at radius 1 is 0.793 bits per heavy atom. The summed E-state index contributed by atoms with van der Waals surface area (Å²) in [5.74, 6) is 2.18. The number of aliphatic hydroxyl groups excluding tert-OH is 2. The summed E-state index contributed by atoms with van der Waals surface area (Å²) in [4.78, 5) is 27.9. The fourth-order valence-electron chi connectivity index (χ4n) is 7.88. The molecule has 6 nitrogen and oxygen atoms in total. The average molecular weight is 401 g/mol. The first-order valence-electron chi connectivity index (χ1n) is 11.2. The molecule has 6 heterocycles. The number of rotatable bonds is 0. The minimum atomic E-state index is -0.111. The van der Waals surface area contributed by atoms with E-state index in [1.54, 1.807) is 0 Å². The van der Waals surface area contributed by atoms with Crippen LogP contribution in [-0.2, 0) is 9.59 Å². The number of ketones is 2. The average Bonchev–Trinajstić information content (AvgIpc) is 3.17. The van der Waals surface area contributed by atoms with Crippen LogP contribution in [0.2, 0.25) is 0 Å². The molecule has 29 heavy (non-hydrogen) atoms. The molecule has 8 aliphatic rings. The molecule has 6 bridgehead atoms. The van der Waals surface area contributed by atoms with Crippen molar-refractivity contribution in [3.8, 4) is 12.8 Å². The zero-order chi connectivity index (χ0) is 20.5. The third-order valence-electron chi connectivity index (χ3n) is 9.04. The SMILES string of the molecule is C#C.O=C1CN2C3CC(O)CC2CC1C3.O=C1CN2C3CC(O)CC4CC1CC432. The highest BCUT2D eigenvalue weighted by Gasteiger charge is 2.74. The van der Waals surface area contributed by atoms with Gasteiger partial charge in [-0.2, -0.15) is 0 Å². The maximum atomic E-state index is 11.7. The van der Waals surface area contributed by atoms with E-state index in [1.807, 2.05) is 0 Å². The van der Waals surface area contributed by atoms with Crippen LogP contribution in [0.4, 0.5) is 0 Å². The summed E-state index contributed by atoms with van der Waals surface area (Å²) < 4.78 is 0. The van der Waals surface area contributed by atoms with E-state index in [0.29, 0.717) is 66.1 Å². The molecule has 8 rings (SSSR count). The molecule has 8 atom stereocenters. The standard InChI is InChI=1S/C11H15NO2.C10H15NO2.C2H2/c13-8-2-7-1-6-4-11(7)10(3-8)12(11)5-9(6)14;12-9-3-7-1-6-2-8(4-9)11(7)5-10(6)13;1-2/h6-8,10,13H,1-5H2;6-9,12H,1-5H2;1-2H. The number of fused-ring (bicyclic) bond motifs is 3. The summed E-state index contributed by atoms with van der Waals surface area (Å²) in [6.45, 7) is 1.34. The van der Waals surface area contributed by atoms with Gasteiger partial charge in [0.15, 0.2) is 0 Å². The number of piperidine rings is 5. The molecule has 2 aliphatic carbocycles. The fraction of sp³-hybridized carbons (Fsp3) is 0.826. The second-order valence-corrected chi connectivity index (χ2v) is 10.3. The van der Waals surface area contributed by atoms with Gasteiger partial charge in [-0.15, -0.1) is 12.8 Å². The van der Waals surface area contributed by atoms with Gasteiger partial charge in [-0.05, 0) is 57.3 Å². The molecule has 2 saturated carbocycles. The smallest absolute Gasteiger partial charge is 0.150 e. The van der Waals surface area contributed by atoms with Crippen LogP contribution in [0.3, 0.4) is 0 Å².